The van der Waals surface area contributed by atoms with Crippen molar-refractivity contribution in [3.8, 4) is 6.07 Å². The number of hydrogen-bond acceptors (Lipinski definition) is 3. The highest BCUT2D eigenvalue weighted by molar-refractivity contribution is 5.85. The molecule has 0 saturated carbocycles. The second-order valence-corrected chi connectivity index (χ2v) is 3.86. The Morgan fingerprint density at radius 2 is 1.76 bits per heavy atom. The van der Waals surface area contributed by atoms with Crippen LogP contribution in [0.4, 0.5) is 0 Å². The van der Waals surface area contributed by atoms with Gasteiger partial charge in [0, 0.05) is 19.5 Å². The van der Waals surface area contributed by atoms with Gasteiger partial charge in [-0.2, -0.15) is 5.26 Å². The third-order valence-electron chi connectivity index (χ3n) is 2.87. The first-order valence-electron chi connectivity index (χ1n) is 6.02. The van der Waals surface area contributed by atoms with Gasteiger partial charge in [-0.05, 0) is 19.8 Å². The van der Waals surface area contributed by atoms with E-state index in [1.165, 1.54) is 0 Å². The van der Waals surface area contributed by atoms with Crippen LogP contribution in [0.5, 0.6) is 0 Å². The van der Waals surface area contributed by atoms with E-state index in [4.69, 9.17) is 5.26 Å². The summed E-state index contributed by atoms with van der Waals surface area (Å²) in [4.78, 5) is 23.0. The van der Waals surface area contributed by atoms with Crippen molar-refractivity contribution in [2.75, 3.05) is 13.1 Å². The van der Waals surface area contributed by atoms with Gasteiger partial charge in [0.05, 0.1) is 6.07 Å². The van der Waals surface area contributed by atoms with Gasteiger partial charge in [-0.15, -0.1) is 0 Å². The molecule has 0 aromatic heterocycles. The average molecular weight is 239 g/mol. The van der Waals surface area contributed by atoms with Gasteiger partial charge >= 0.3 is 0 Å². The lowest BCUT2D eigenvalue weighted by Gasteiger charge is -2.21. The van der Waals surface area contributed by atoms with Crippen LogP contribution in [0.15, 0.2) is 0 Å². The van der Waals surface area contributed by atoms with E-state index < -0.39 is 5.41 Å². The predicted molar refractivity (Wildman–Crippen MR) is 64.9 cm³/mol. The average Bonchev–Trinajstić information content (AvgIpc) is 2.32. The minimum Gasteiger partial charge on any atom is -0.356 e. The van der Waals surface area contributed by atoms with Gasteiger partial charge in [0.2, 0.25) is 11.8 Å². The molecule has 0 aliphatic heterocycles. The summed E-state index contributed by atoms with van der Waals surface area (Å²) in [5.74, 6) is -0.377. The van der Waals surface area contributed by atoms with E-state index in [2.05, 4.69) is 16.7 Å². The molecule has 0 atom stereocenters. The summed E-state index contributed by atoms with van der Waals surface area (Å²) < 4.78 is 0. The fourth-order valence-electron chi connectivity index (χ4n) is 1.52. The maximum absolute atomic E-state index is 11.8. The lowest BCUT2D eigenvalue weighted by atomic mass is 9.83. The lowest BCUT2D eigenvalue weighted by Crippen LogP contribution is -2.40. The van der Waals surface area contributed by atoms with Gasteiger partial charge in [-0.1, -0.05) is 13.8 Å². The SMILES string of the molecule is CCNC(=O)CCNC(=O)C(C#N)(CC)CC. The number of carbonyl (C=O) groups excluding carboxylic acids is 2. The van der Waals surface area contributed by atoms with E-state index in [0.717, 1.165) is 0 Å². The molecule has 96 valence electrons. The molecule has 0 fully saturated rings. The zero-order chi connectivity index (χ0) is 13.3. The molecule has 2 N–H and O–H groups in total. The number of amides is 2. The van der Waals surface area contributed by atoms with Crippen LogP contribution in [-0.4, -0.2) is 24.9 Å². The molecule has 17 heavy (non-hydrogen) atoms. The normalized spacial score (nSPS) is 10.5. The maximum Gasteiger partial charge on any atom is 0.240 e. The molecule has 0 aliphatic rings. The minimum atomic E-state index is -0.957. The molecule has 0 unspecified atom stereocenters. The Balaban J connectivity index is 4.18. The fraction of sp³-hybridized carbons (Fsp3) is 0.750. The second-order valence-electron chi connectivity index (χ2n) is 3.86. The summed E-state index contributed by atoms with van der Waals surface area (Å²) in [7, 11) is 0. The number of rotatable bonds is 7. The second kappa shape index (κ2) is 7.66. The number of hydrogen-bond donors (Lipinski definition) is 2. The molecule has 0 rings (SSSR count). The van der Waals surface area contributed by atoms with Crippen molar-refractivity contribution in [1.29, 1.82) is 5.26 Å². The maximum atomic E-state index is 11.8. The third-order valence-corrected chi connectivity index (χ3v) is 2.87. The molecule has 2 amide bonds. The van der Waals surface area contributed by atoms with Crippen molar-refractivity contribution in [2.24, 2.45) is 5.41 Å². The van der Waals surface area contributed by atoms with E-state index in [1.54, 1.807) is 0 Å². The third kappa shape index (κ3) is 4.43. The topological polar surface area (TPSA) is 82.0 Å². The van der Waals surface area contributed by atoms with Crippen molar-refractivity contribution in [2.45, 2.75) is 40.0 Å². The first kappa shape index (κ1) is 15.4. The van der Waals surface area contributed by atoms with E-state index in [0.29, 0.717) is 19.4 Å². The Kier molecular flexibility index (Phi) is 6.95. The highest BCUT2D eigenvalue weighted by Gasteiger charge is 2.34. The molecule has 0 radical (unpaired) electrons. The van der Waals surface area contributed by atoms with Gasteiger partial charge in [0.25, 0.3) is 0 Å². The zero-order valence-electron chi connectivity index (χ0n) is 10.8. The van der Waals surface area contributed by atoms with E-state index in [-0.39, 0.29) is 24.8 Å². The molecule has 0 spiro atoms. The first-order chi connectivity index (χ1) is 8.06. The predicted octanol–water partition coefficient (Wildman–Crippen LogP) is 0.959. The van der Waals surface area contributed by atoms with Crippen LogP contribution in [0.25, 0.3) is 0 Å². The number of carbonyl (C=O) groups is 2. The van der Waals surface area contributed by atoms with Crippen molar-refractivity contribution in [3.63, 3.8) is 0 Å². The molecular weight excluding hydrogens is 218 g/mol. The van der Waals surface area contributed by atoms with Gasteiger partial charge in [-0.3, -0.25) is 9.59 Å². The van der Waals surface area contributed by atoms with Gasteiger partial charge in [0.15, 0.2) is 0 Å². The van der Waals surface area contributed by atoms with Gasteiger partial charge < -0.3 is 10.6 Å². The van der Waals surface area contributed by atoms with Crippen molar-refractivity contribution in [1.82, 2.24) is 10.6 Å². The van der Waals surface area contributed by atoms with Crippen LogP contribution in [0.1, 0.15) is 40.0 Å². The molecule has 0 aliphatic carbocycles. The van der Waals surface area contributed by atoms with Crippen molar-refractivity contribution in [3.05, 3.63) is 0 Å². The van der Waals surface area contributed by atoms with E-state index >= 15 is 0 Å². The van der Waals surface area contributed by atoms with Crippen LogP contribution in [0.3, 0.4) is 0 Å². The standard InChI is InChI=1S/C12H21N3O2/c1-4-12(5-2,9-13)11(17)15-8-7-10(16)14-6-3/h4-8H2,1-3H3,(H,14,16)(H,15,17). The highest BCUT2D eigenvalue weighted by atomic mass is 16.2. The van der Waals surface area contributed by atoms with Crippen LogP contribution < -0.4 is 10.6 Å². The molecule has 0 saturated heterocycles. The lowest BCUT2D eigenvalue weighted by molar-refractivity contribution is -0.128. The van der Waals surface area contributed by atoms with Crippen LogP contribution in [0.2, 0.25) is 0 Å². The van der Waals surface area contributed by atoms with Gasteiger partial charge in [-0.25, -0.2) is 0 Å². The zero-order valence-corrected chi connectivity index (χ0v) is 10.8. The van der Waals surface area contributed by atoms with Crippen molar-refractivity contribution < 1.29 is 9.59 Å². The fourth-order valence-corrected chi connectivity index (χ4v) is 1.52. The molecule has 0 bridgehead atoms. The van der Waals surface area contributed by atoms with Crippen LogP contribution >= 0.6 is 0 Å². The molecule has 5 nitrogen and oxygen atoms in total. The minimum absolute atomic E-state index is 0.0941. The summed E-state index contributed by atoms with van der Waals surface area (Å²) >= 11 is 0. The number of nitriles is 1. The molecule has 5 heteroatoms. The molecule has 0 heterocycles. The highest BCUT2D eigenvalue weighted by Crippen LogP contribution is 2.25. The van der Waals surface area contributed by atoms with Crippen molar-refractivity contribution >= 4 is 11.8 Å². The Hall–Kier alpha value is -1.57. The van der Waals surface area contributed by atoms with Crippen LogP contribution in [-0.2, 0) is 9.59 Å². The Labute approximate surface area is 103 Å². The smallest absolute Gasteiger partial charge is 0.240 e. The molecule has 0 aromatic carbocycles. The summed E-state index contributed by atoms with van der Waals surface area (Å²) in [5.41, 5.74) is -0.957. The van der Waals surface area contributed by atoms with E-state index in [9.17, 15) is 9.59 Å². The summed E-state index contributed by atoms with van der Waals surface area (Å²) in [6.45, 7) is 6.32. The van der Waals surface area contributed by atoms with Crippen LogP contribution in [0, 0.1) is 16.7 Å². The number of nitrogens with zero attached hydrogens (tertiary/aromatic N) is 1. The summed E-state index contributed by atoms with van der Waals surface area (Å²) in [5, 5.41) is 14.3. The van der Waals surface area contributed by atoms with Gasteiger partial charge in [0.1, 0.15) is 5.41 Å². The molecular formula is C12H21N3O2. The summed E-state index contributed by atoms with van der Waals surface area (Å²) in [6.07, 6.45) is 1.20. The van der Waals surface area contributed by atoms with E-state index in [1.807, 2.05) is 20.8 Å². The number of nitrogens with one attached hydrogen (secondary N) is 2. The Morgan fingerprint density at radius 1 is 1.18 bits per heavy atom. The monoisotopic (exact) mass is 239 g/mol. The quantitative estimate of drug-likeness (QED) is 0.694. The Morgan fingerprint density at radius 3 is 2.18 bits per heavy atom. The first-order valence-corrected chi connectivity index (χ1v) is 6.02. The summed E-state index contributed by atoms with van der Waals surface area (Å²) in [6, 6.07) is 2.07. The Bertz CT molecular complexity index is 303. The molecule has 0 aromatic rings. The largest absolute Gasteiger partial charge is 0.356 e.